The van der Waals surface area contributed by atoms with Crippen LogP contribution in [0.2, 0.25) is 0 Å². The van der Waals surface area contributed by atoms with Gasteiger partial charge in [0.2, 0.25) is 23.6 Å². The highest BCUT2D eigenvalue weighted by molar-refractivity contribution is 5.90. The SMILES string of the molecule is Cc1cc(O)cc(C)c1CC(NC(=O)C(N)CCCNC(=N)N)C(=O)NC(Cc1c[nH]cn1)c1nnc(Cc2ccccc2)o1. The standard InChI is InChI=1S/C31H40N10O4/c1-18-11-22(42)12-19(2)23(18)15-25(38-28(43)24(32)9-6-10-36-31(33)34)29(44)39-26(14-21-16-35-17-37-21)30-41-40-27(45-30)13-20-7-4-3-5-8-20/h3-5,7-8,11-12,16-17,24-26,42H,6,9-10,13-15,32H2,1-2H3,(H,35,37)(H,38,43)(H,39,44)(H4,33,34,36). The monoisotopic (exact) mass is 616 g/mol. The molecule has 0 aliphatic rings. The number of aromatic nitrogens is 4. The number of amides is 2. The Morgan fingerprint density at radius 1 is 1.07 bits per heavy atom. The second kappa shape index (κ2) is 15.5. The highest BCUT2D eigenvalue weighted by Gasteiger charge is 2.30. The molecule has 0 saturated carbocycles. The van der Waals surface area contributed by atoms with Crippen LogP contribution in [0.5, 0.6) is 5.75 Å². The second-order valence-electron chi connectivity index (χ2n) is 10.9. The minimum Gasteiger partial charge on any atom is -0.508 e. The largest absolute Gasteiger partial charge is 0.508 e. The van der Waals surface area contributed by atoms with Gasteiger partial charge in [-0.15, -0.1) is 10.2 Å². The second-order valence-corrected chi connectivity index (χ2v) is 10.9. The molecule has 0 saturated heterocycles. The van der Waals surface area contributed by atoms with Gasteiger partial charge in [-0.05, 0) is 61.1 Å². The van der Waals surface area contributed by atoms with Gasteiger partial charge in [0.05, 0.1) is 24.5 Å². The zero-order valence-electron chi connectivity index (χ0n) is 25.3. The van der Waals surface area contributed by atoms with E-state index in [0.29, 0.717) is 37.4 Å². The Balaban J connectivity index is 1.55. The zero-order chi connectivity index (χ0) is 32.3. The molecular weight excluding hydrogens is 576 g/mol. The van der Waals surface area contributed by atoms with Crippen molar-refractivity contribution in [2.45, 2.75) is 64.1 Å². The third-order valence-corrected chi connectivity index (χ3v) is 7.33. The van der Waals surface area contributed by atoms with Crippen LogP contribution >= 0.6 is 0 Å². The molecular formula is C31H40N10O4. The van der Waals surface area contributed by atoms with Gasteiger partial charge < -0.3 is 41.9 Å². The Morgan fingerprint density at radius 3 is 2.47 bits per heavy atom. The van der Waals surface area contributed by atoms with Crippen LogP contribution in [0, 0.1) is 19.3 Å². The van der Waals surface area contributed by atoms with Crippen LogP contribution in [0.1, 0.15) is 58.6 Å². The molecule has 2 heterocycles. The molecule has 0 aliphatic carbocycles. The van der Waals surface area contributed by atoms with Gasteiger partial charge in [-0.25, -0.2) is 4.98 Å². The predicted molar refractivity (Wildman–Crippen MR) is 167 cm³/mol. The van der Waals surface area contributed by atoms with Crippen molar-refractivity contribution in [3.05, 3.63) is 94.7 Å². The molecule has 45 heavy (non-hydrogen) atoms. The van der Waals surface area contributed by atoms with E-state index >= 15 is 0 Å². The minimum absolute atomic E-state index is 0.113. The van der Waals surface area contributed by atoms with Crippen LogP contribution in [0.25, 0.3) is 0 Å². The summed E-state index contributed by atoms with van der Waals surface area (Å²) in [6, 6.07) is 10.2. The number of guanidine groups is 1. The van der Waals surface area contributed by atoms with Crippen LogP contribution in [-0.4, -0.2) is 61.7 Å². The Kier molecular flexibility index (Phi) is 11.2. The summed E-state index contributed by atoms with van der Waals surface area (Å²) < 4.78 is 6.00. The van der Waals surface area contributed by atoms with E-state index in [2.05, 4.69) is 36.1 Å². The van der Waals surface area contributed by atoms with Crippen LogP contribution in [-0.2, 0) is 28.9 Å². The van der Waals surface area contributed by atoms with Crippen LogP contribution in [0.4, 0.5) is 0 Å². The number of imidazole rings is 1. The Hall–Kier alpha value is -5.24. The lowest BCUT2D eigenvalue weighted by molar-refractivity contribution is -0.130. The molecule has 0 spiro atoms. The van der Waals surface area contributed by atoms with Crippen molar-refractivity contribution in [2.24, 2.45) is 11.5 Å². The summed E-state index contributed by atoms with van der Waals surface area (Å²) >= 11 is 0. The number of benzene rings is 2. The topological polar surface area (TPSA) is 234 Å². The van der Waals surface area contributed by atoms with Crippen molar-refractivity contribution < 1.29 is 19.1 Å². The zero-order valence-corrected chi connectivity index (χ0v) is 25.3. The highest BCUT2D eigenvalue weighted by atomic mass is 16.4. The van der Waals surface area contributed by atoms with Gasteiger partial charge in [0.15, 0.2) is 5.96 Å². The predicted octanol–water partition coefficient (Wildman–Crippen LogP) is 1.42. The third kappa shape index (κ3) is 9.63. The number of aryl methyl sites for hydroxylation is 2. The fraction of sp³-hybridized carbons (Fsp3) is 0.355. The summed E-state index contributed by atoms with van der Waals surface area (Å²) in [5, 5.41) is 34.2. The maximum Gasteiger partial charge on any atom is 0.243 e. The number of nitrogens with two attached hydrogens (primary N) is 2. The number of hydrogen-bond acceptors (Lipinski definition) is 9. The van der Waals surface area contributed by atoms with Crippen molar-refractivity contribution >= 4 is 17.8 Å². The number of aromatic amines is 1. The first kappa shape index (κ1) is 32.7. The van der Waals surface area contributed by atoms with Gasteiger partial charge in [-0.1, -0.05) is 30.3 Å². The molecule has 2 aromatic carbocycles. The summed E-state index contributed by atoms with van der Waals surface area (Å²) in [7, 11) is 0. The van der Waals surface area contributed by atoms with E-state index < -0.39 is 29.9 Å². The number of phenolic OH excluding ortho intramolecular Hbond substituents is 1. The summed E-state index contributed by atoms with van der Waals surface area (Å²) in [5.74, 6) is -0.441. The fourth-order valence-corrected chi connectivity index (χ4v) is 4.99. The molecule has 3 atom stereocenters. The van der Waals surface area contributed by atoms with Crippen molar-refractivity contribution in [2.75, 3.05) is 6.54 Å². The number of hydrogen-bond donors (Lipinski definition) is 8. The van der Waals surface area contributed by atoms with Crippen LogP contribution in [0.3, 0.4) is 0 Å². The fourth-order valence-electron chi connectivity index (χ4n) is 4.99. The molecule has 0 bridgehead atoms. The molecule has 0 radical (unpaired) electrons. The maximum atomic E-state index is 14.0. The molecule has 238 valence electrons. The van der Waals surface area contributed by atoms with E-state index in [1.165, 1.54) is 6.33 Å². The number of carbonyl (C=O) groups is 2. The van der Waals surface area contributed by atoms with Crippen LogP contribution < -0.4 is 27.4 Å². The molecule has 10 N–H and O–H groups in total. The molecule has 14 heteroatoms. The van der Waals surface area contributed by atoms with E-state index in [1.54, 1.807) is 18.3 Å². The summed E-state index contributed by atoms with van der Waals surface area (Å²) in [6.45, 7) is 4.05. The molecule has 4 aromatic rings. The van der Waals surface area contributed by atoms with Gasteiger partial charge in [0.1, 0.15) is 17.8 Å². The molecule has 14 nitrogen and oxygen atoms in total. The first-order valence-electron chi connectivity index (χ1n) is 14.7. The number of nitrogens with zero attached hydrogens (tertiary/aromatic N) is 3. The quantitative estimate of drug-likeness (QED) is 0.0543. The lowest BCUT2D eigenvalue weighted by Crippen LogP contribution is -2.53. The molecule has 4 rings (SSSR count). The van der Waals surface area contributed by atoms with Crippen molar-refractivity contribution in [1.82, 2.24) is 36.1 Å². The Morgan fingerprint density at radius 2 is 1.80 bits per heavy atom. The third-order valence-electron chi connectivity index (χ3n) is 7.33. The van der Waals surface area contributed by atoms with E-state index in [0.717, 1.165) is 22.3 Å². The highest BCUT2D eigenvalue weighted by Crippen LogP contribution is 2.23. The van der Waals surface area contributed by atoms with E-state index in [9.17, 15) is 14.7 Å². The van der Waals surface area contributed by atoms with Gasteiger partial charge in [-0.3, -0.25) is 15.0 Å². The Labute approximate surface area is 260 Å². The van der Waals surface area contributed by atoms with Crippen molar-refractivity contribution in [3.63, 3.8) is 0 Å². The first-order valence-corrected chi connectivity index (χ1v) is 14.7. The summed E-state index contributed by atoms with van der Waals surface area (Å²) in [6.07, 6.45) is 4.88. The average Bonchev–Trinajstić information content (AvgIpc) is 3.69. The summed E-state index contributed by atoms with van der Waals surface area (Å²) in [5.41, 5.74) is 15.5. The lowest BCUT2D eigenvalue weighted by atomic mass is 9.95. The van der Waals surface area contributed by atoms with E-state index in [-0.39, 0.29) is 30.4 Å². The van der Waals surface area contributed by atoms with Crippen molar-refractivity contribution in [1.29, 1.82) is 5.41 Å². The number of phenols is 1. The van der Waals surface area contributed by atoms with Gasteiger partial charge >= 0.3 is 0 Å². The van der Waals surface area contributed by atoms with E-state index in [1.807, 2.05) is 44.2 Å². The number of rotatable bonds is 15. The minimum atomic E-state index is -1.02. The molecule has 2 aromatic heterocycles. The maximum absolute atomic E-state index is 14.0. The molecule has 2 amide bonds. The van der Waals surface area contributed by atoms with Crippen LogP contribution in [0.15, 0.2) is 59.4 Å². The normalized spacial score (nSPS) is 13.0. The van der Waals surface area contributed by atoms with Gasteiger partial charge in [0.25, 0.3) is 0 Å². The molecule has 0 fully saturated rings. The van der Waals surface area contributed by atoms with Crippen molar-refractivity contribution in [3.8, 4) is 5.75 Å². The first-order chi connectivity index (χ1) is 21.6. The molecule has 0 aliphatic heterocycles. The van der Waals surface area contributed by atoms with Gasteiger partial charge in [0, 0.05) is 25.6 Å². The smallest absolute Gasteiger partial charge is 0.243 e. The average molecular weight is 617 g/mol. The number of carbonyl (C=O) groups excluding carboxylic acids is 2. The number of H-pyrrole nitrogens is 1. The van der Waals surface area contributed by atoms with Gasteiger partial charge in [-0.2, -0.15) is 0 Å². The lowest BCUT2D eigenvalue weighted by Gasteiger charge is -2.24. The number of nitrogens with one attached hydrogen (secondary N) is 5. The van der Waals surface area contributed by atoms with E-state index in [4.69, 9.17) is 21.3 Å². The summed E-state index contributed by atoms with van der Waals surface area (Å²) in [4.78, 5) is 34.4. The number of aromatic hydroxyl groups is 1. The molecule has 3 unspecified atom stereocenters. The Bertz CT molecular complexity index is 1550.